The molecule has 0 aliphatic heterocycles. The quantitative estimate of drug-likeness (QED) is 0.803. The molecule has 2 N–H and O–H groups in total. The van der Waals surface area contributed by atoms with E-state index < -0.39 is 5.97 Å². The molecule has 0 fully saturated rings. The standard InChI is InChI=1S/C12H12ClNO2S2/c13-10-2-1-9(18-10)3-5-14-7-8-4-6-17-11(8)12(15)16/h1-2,4,6,14H,3,5,7H2,(H,15,16). The normalized spacial score (nSPS) is 10.7. The third kappa shape index (κ3) is 3.55. The van der Waals surface area contributed by atoms with Gasteiger partial charge in [-0.1, -0.05) is 11.6 Å². The van der Waals surface area contributed by atoms with Crippen molar-refractivity contribution in [3.05, 3.63) is 43.2 Å². The second kappa shape index (κ2) is 6.33. The Balaban J connectivity index is 1.78. The molecule has 0 amide bonds. The number of halogens is 1. The topological polar surface area (TPSA) is 49.3 Å². The molecule has 0 unspecified atom stereocenters. The van der Waals surface area contributed by atoms with E-state index >= 15 is 0 Å². The minimum Gasteiger partial charge on any atom is -0.477 e. The van der Waals surface area contributed by atoms with Crippen molar-refractivity contribution in [2.75, 3.05) is 6.54 Å². The van der Waals surface area contributed by atoms with Crippen molar-refractivity contribution in [3.8, 4) is 0 Å². The lowest BCUT2D eigenvalue weighted by Gasteiger charge is -2.03. The van der Waals surface area contributed by atoms with Crippen LogP contribution in [0.2, 0.25) is 4.34 Å². The SMILES string of the molecule is O=C(O)c1sccc1CNCCc1ccc(Cl)s1. The van der Waals surface area contributed by atoms with Crippen LogP contribution < -0.4 is 5.32 Å². The fourth-order valence-corrected chi connectivity index (χ4v) is 3.43. The molecule has 0 aromatic carbocycles. The Kier molecular flexibility index (Phi) is 4.77. The minimum atomic E-state index is -0.855. The number of carbonyl (C=O) groups is 1. The summed E-state index contributed by atoms with van der Waals surface area (Å²) < 4.78 is 0.802. The second-order valence-electron chi connectivity index (χ2n) is 3.71. The number of thiophene rings is 2. The molecule has 2 aromatic rings. The summed E-state index contributed by atoms with van der Waals surface area (Å²) in [5.74, 6) is -0.855. The monoisotopic (exact) mass is 301 g/mol. The van der Waals surface area contributed by atoms with Crippen LogP contribution in [0.4, 0.5) is 0 Å². The summed E-state index contributed by atoms with van der Waals surface area (Å²) in [6.45, 7) is 1.40. The van der Waals surface area contributed by atoms with Crippen LogP contribution >= 0.6 is 34.3 Å². The Bertz CT molecular complexity index is 536. The molecule has 0 atom stereocenters. The highest BCUT2D eigenvalue weighted by Crippen LogP contribution is 2.21. The van der Waals surface area contributed by atoms with Crippen LogP contribution in [0.5, 0.6) is 0 Å². The Hall–Kier alpha value is -0.880. The summed E-state index contributed by atoms with van der Waals surface area (Å²) >= 11 is 8.68. The molecule has 0 aliphatic rings. The summed E-state index contributed by atoms with van der Waals surface area (Å²) in [5.41, 5.74) is 0.844. The molecule has 6 heteroatoms. The average molecular weight is 302 g/mol. The van der Waals surface area contributed by atoms with Crippen LogP contribution in [0.25, 0.3) is 0 Å². The summed E-state index contributed by atoms with van der Waals surface area (Å²) in [6, 6.07) is 5.76. The first-order chi connectivity index (χ1) is 8.66. The van der Waals surface area contributed by atoms with Crippen LogP contribution in [0, 0.1) is 0 Å². The van der Waals surface area contributed by atoms with Gasteiger partial charge >= 0.3 is 5.97 Å². The van der Waals surface area contributed by atoms with Gasteiger partial charge in [-0.25, -0.2) is 4.79 Å². The number of nitrogens with one attached hydrogen (secondary N) is 1. The van der Waals surface area contributed by atoms with Crippen molar-refractivity contribution in [2.24, 2.45) is 0 Å². The molecular formula is C12H12ClNO2S2. The molecule has 0 radical (unpaired) electrons. The van der Waals surface area contributed by atoms with E-state index in [-0.39, 0.29) is 0 Å². The largest absolute Gasteiger partial charge is 0.477 e. The highest BCUT2D eigenvalue weighted by molar-refractivity contribution is 7.16. The van der Waals surface area contributed by atoms with E-state index in [2.05, 4.69) is 5.32 Å². The third-order valence-corrected chi connectivity index (χ3v) is 4.67. The van der Waals surface area contributed by atoms with Gasteiger partial charge < -0.3 is 10.4 Å². The van der Waals surface area contributed by atoms with E-state index in [1.54, 1.807) is 16.7 Å². The number of hydrogen-bond acceptors (Lipinski definition) is 4. The third-order valence-electron chi connectivity index (χ3n) is 2.43. The first-order valence-electron chi connectivity index (χ1n) is 5.41. The molecule has 2 aromatic heterocycles. The van der Waals surface area contributed by atoms with Gasteiger partial charge in [-0.3, -0.25) is 0 Å². The maximum Gasteiger partial charge on any atom is 0.346 e. The van der Waals surface area contributed by atoms with Crippen LogP contribution in [0.15, 0.2) is 23.6 Å². The summed E-state index contributed by atoms with van der Waals surface area (Å²) in [4.78, 5) is 12.6. The Labute approximate surface area is 118 Å². The molecule has 0 bridgehead atoms. The molecule has 3 nitrogen and oxygen atoms in total. The molecule has 2 heterocycles. The van der Waals surface area contributed by atoms with E-state index in [0.717, 1.165) is 22.9 Å². The number of rotatable bonds is 6. The maximum atomic E-state index is 10.9. The summed E-state index contributed by atoms with van der Waals surface area (Å²) in [5, 5.41) is 14.0. The lowest BCUT2D eigenvalue weighted by Crippen LogP contribution is -2.17. The van der Waals surface area contributed by atoms with Crippen LogP contribution in [-0.2, 0) is 13.0 Å². The number of carboxylic acids is 1. The van der Waals surface area contributed by atoms with Crippen molar-refractivity contribution < 1.29 is 9.90 Å². The lowest BCUT2D eigenvalue weighted by molar-refractivity contribution is 0.0701. The van der Waals surface area contributed by atoms with E-state index in [0.29, 0.717) is 11.4 Å². The van der Waals surface area contributed by atoms with E-state index in [1.165, 1.54) is 16.2 Å². The van der Waals surface area contributed by atoms with Gasteiger partial charge in [-0.2, -0.15) is 0 Å². The highest BCUT2D eigenvalue weighted by atomic mass is 35.5. The minimum absolute atomic E-state index is 0.418. The molecule has 0 saturated carbocycles. The zero-order valence-electron chi connectivity index (χ0n) is 9.48. The fraction of sp³-hybridized carbons (Fsp3) is 0.250. The van der Waals surface area contributed by atoms with E-state index in [1.807, 2.05) is 18.2 Å². The first kappa shape index (κ1) is 13.5. The van der Waals surface area contributed by atoms with Crippen LogP contribution in [-0.4, -0.2) is 17.6 Å². The van der Waals surface area contributed by atoms with Crippen molar-refractivity contribution >= 4 is 40.2 Å². The van der Waals surface area contributed by atoms with Gasteiger partial charge in [-0.05, 0) is 35.6 Å². The molecule has 0 saturated heterocycles. The smallest absolute Gasteiger partial charge is 0.346 e. The van der Waals surface area contributed by atoms with Crippen LogP contribution in [0.1, 0.15) is 20.1 Å². The van der Waals surface area contributed by atoms with Gasteiger partial charge in [0.2, 0.25) is 0 Å². The summed E-state index contributed by atoms with van der Waals surface area (Å²) in [7, 11) is 0. The highest BCUT2D eigenvalue weighted by Gasteiger charge is 2.10. The van der Waals surface area contributed by atoms with Gasteiger partial charge in [0, 0.05) is 18.0 Å². The predicted octanol–water partition coefficient (Wildman–Crippen LogP) is 3.49. The first-order valence-corrected chi connectivity index (χ1v) is 7.49. The molecule has 2 rings (SSSR count). The zero-order chi connectivity index (χ0) is 13.0. The molecule has 18 heavy (non-hydrogen) atoms. The van der Waals surface area contributed by atoms with E-state index in [9.17, 15) is 4.79 Å². The second-order valence-corrected chi connectivity index (χ2v) is 6.43. The molecule has 0 aliphatic carbocycles. The van der Waals surface area contributed by atoms with Crippen molar-refractivity contribution in [3.63, 3.8) is 0 Å². The zero-order valence-corrected chi connectivity index (χ0v) is 11.9. The average Bonchev–Trinajstić information content (AvgIpc) is 2.93. The Morgan fingerprint density at radius 1 is 1.39 bits per heavy atom. The van der Waals surface area contributed by atoms with Crippen molar-refractivity contribution in [1.29, 1.82) is 0 Å². The van der Waals surface area contributed by atoms with Gasteiger partial charge in [0.15, 0.2) is 0 Å². The molecule has 96 valence electrons. The van der Waals surface area contributed by atoms with Gasteiger partial charge in [0.25, 0.3) is 0 Å². The molecular weight excluding hydrogens is 290 g/mol. The van der Waals surface area contributed by atoms with Gasteiger partial charge in [0.1, 0.15) is 4.88 Å². The van der Waals surface area contributed by atoms with Crippen molar-refractivity contribution in [1.82, 2.24) is 5.32 Å². The number of aromatic carboxylic acids is 1. The number of hydrogen-bond donors (Lipinski definition) is 2. The van der Waals surface area contributed by atoms with Gasteiger partial charge in [0.05, 0.1) is 4.34 Å². The number of carboxylic acid groups (broad SMARTS) is 1. The fourth-order valence-electron chi connectivity index (χ4n) is 1.58. The van der Waals surface area contributed by atoms with E-state index in [4.69, 9.17) is 16.7 Å². The van der Waals surface area contributed by atoms with Crippen LogP contribution in [0.3, 0.4) is 0 Å². The van der Waals surface area contributed by atoms with Crippen molar-refractivity contribution in [2.45, 2.75) is 13.0 Å². The Morgan fingerprint density at radius 2 is 2.22 bits per heavy atom. The lowest BCUT2D eigenvalue weighted by atomic mass is 10.2. The molecule has 0 spiro atoms. The maximum absolute atomic E-state index is 10.9. The predicted molar refractivity (Wildman–Crippen MR) is 76.0 cm³/mol. The summed E-state index contributed by atoms with van der Waals surface area (Å²) in [6.07, 6.45) is 0.907. The Morgan fingerprint density at radius 3 is 2.89 bits per heavy atom. The van der Waals surface area contributed by atoms with Gasteiger partial charge in [-0.15, -0.1) is 22.7 Å².